The van der Waals surface area contributed by atoms with Crippen molar-refractivity contribution in [2.75, 3.05) is 14.1 Å². The molecule has 0 aromatic heterocycles. The standard InChI is InChI=1S/C16H15Cl2NO/c1-19(2)14-9-10-5-3-6-11(16(10)20-14)15-12(17)7-4-8-13(15)18/h3-8,14H,9H2,1-2H3. The number of para-hydroxylation sites is 1. The lowest BCUT2D eigenvalue weighted by molar-refractivity contribution is 0.0866. The molecule has 1 aliphatic heterocycles. The minimum Gasteiger partial charge on any atom is -0.474 e. The summed E-state index contributed by atoms with van der Waals surface area (Å²) < 4.78 is 6.07. The molecule has 0 saturated heterocycles. The quantitative estimate of drug-likeness (QED) is 0.811. The SMILES string of the molecule is CN(C)C1Cc2cccc(-c3c(Cl)cccc3Cl)c2O1. The minimum absolute atomic E-state index is 0.0624. The molecule has 0 spiro atoms. The molecule has 2 nitrogen and oxygen atoms in total. The average molecular weight is 308 g/mol. The summed E-state index contributed by atoms with van der Waals surface area (Å²) in [4.78, 5) is 2.07. The lowest BCUT2D eigenvalue weighted by Crippen LogP contribution is -2.31. The van der Waals surface area contributed by atoms with E-state index in [4.69, 9.17) is 27.9 Å². The van der Waals surface area contributed by atoms with E-state index in [1.807, 2.05) is 44.4 Å². The molecule has 3 rings (SSSR count). The molecule has 0 fully saturated rings. The molecule has 104 valence electrons. The Hall–Kier alpha value is -1.22. The van der Waals surface area contributed by atoms with Gasteiger partial charge in [-0.1, -0.05) is 47.5 Å². The van der Waals surface area contributed by atoms with Crippen molar-refractivity contribution in [3.05, 3.63) is 52.0 Å². The minimum atomic E-state index is 0.0624. The van der Waals surface area contributed by atoms with Gasteiger partial charge in [-0.05, 0) is 31.8 Å². The van der Waals surface area contributed by atoms with Gasteiger partial charge in [0.15, 0.2) is 6.23 Å². The molecule has 0 bridgehead atoms. The fourth-order valence-electron chi connectivity index (χ4n) is 2.49. The molecule has 4 heteroatoms. The van der Waals surface area contributed by atoms with Gasteiger partial charge in [0.2, 0.25) is 0 Å². The Kier molecular flexibility index (Phi) is 3.63. The van der Waals surface area contributed by atoms with E-state index >= 15 is 0 Å². The van der Waals surface area contributed by atoms with Crippen LogP contribution < -0.4 is 4.74 Å². The van der Waals surface area contributed by atoms with Gasteiger partial charge >= 0.3 is 0 Å². The van der Waals surface area contributed by atoms with Crippen LogP contribution in [0.2, 0.25) is 10.0 Å². The van der Waals surface area contributed by atoms with E-state index in [0.717, 1.165) is 23.3 Å². The third-order valence-corrected chi connectivity index (χ3v) is 4.18. The molecule has 2 aromatic carbocycles. The zero-order chi connectivity index (χ0) is 14.3. The summed E-state index contributed by atoms with van der Waals surface area (Å²) in [5.41, 5.74) is 2.99. The van der Waals surface area contributed by atoms with Gasteiger partial charge in [-0.3, -0.25) is 4.90 Å². The fourth-order valence-corrected chi connectivity index (χ4v) is 3.09. The number of fused-ring (bicyclic) bond motifs is 1. The Morgan fingerprint density at radius 1 is 1.05 bits per heavy atom. The molecule has 1 aliphatic rings. The van der Waals surface area contributed by atoms with Gasteiger partial charge in [0.1, 0.15) is 5.75 Å². The van der Waals surface area contributed by atoms with Crippen molar-refractivity contribution in [2.45, 2.75) is 12.6 Å². The maximum atomic E-state index is 6.31. The first-order valence-corrected chi connectivity index (χ1v) is 7.23. The van der Waals surface area contributed by atoms with Crippen LogP contribution in [0.1, 0.15) is 5.56 Å². The highest BCUT2D eigenvalue weighted by Crippen LogP contribution is 2.44. The molecular weight excluding hydrogens is 293 g/mol. The second-order valence-corrected chi connectivity index (χ2v) is 5.95. The van der Waals surface area contributed by atoms with Crippen LogP contribution in [0, 0.1) is 0 Å². The van der Waals surface area contributed by atoms with Crippen LogP contribution in [0.5, 0.6) is 5.75 Å². The molecule has 1 heterocycles. The van der Waals surface area contributed by atoms with Crippen molar-refractivity contribution < 1.29 is 4.74 Å². The van der Waals surface area contributed by atoms with E-state index in [9.17, 15) is 0 Å². The molecule has 0 saturated carbocycles. The third kappa shape index (κ3) is 2.28. The van der Waals surface area contributed by atoms with Crippen LogP contribution in [0.3, 0.4) is 0 Å². The summed E-state index contributed by atoms with van der Waals surface area (Å²) in [6.45, 7) is 0. The normalized spacial score (nSPS) is 17.1. The second kappa shape index (κ2) is 5.28. The Morgan fingerprint density at radius 3 is 2.35 bits per heavy atom. The summed E-state index contributed by atoms with van der Waals surface area (Å²) in [7, 11) is 4.03. The van der Waals surface area contributed by atoms with E-state index in [-0.39, 0.29) is 6.23 Å². The van der Waals surface area contributed by atoms with Crippen molar-refractivity contribution in [1.82, 2.24) is 4.90 Å². The topological polar surface area (TPSA) is 12.5 Å². The van der Waals surface area contributed by atoms with E-state index in [0.29, 0.717) is 10.0 Å². The molecule has 20 heavy (non-hydrogen) atoms. The summed E-state index contributed by atoms with van der Waals surface area (Å²) in [5, 5.41) is 1.28. The maximum absolute atomic E-state index is 6.31. The molecule has 1 unspecified atom stereocenters. The summed E-state index contributed by atoms with van der Waals surface area (Å²) in [5.74, 6) is 0.890. The zero-order valence-electron chi connectivity index (χ0n) is 11.4. The number of hydrogen-bond acceptors (Lipinski definition) is 2. The second-order valence-electron chi connectivity index (χ2n) is 5.13. The lowest BCUT2D eigenvalue weighted by atomic mass is 10.0. The first kappa shape index (κ1) is 13.7. The Morgan fingerprint density at radius 2 is 1.70 bits per heavy atom. The van der Waals surface area contributed by atoms with Gasteiger partial charge < -0.3 is 4.74 Å². The van der Waals surface area contributed by atoms with Gasteiger partial charge in [-0.2, -0.15) is 0 Å². The van der Waals surface area contributed by atoms with Gasteiger partial charge in [0.25, 0.3) is 0 Å². The number of nitrogens with zero attached hydrogens (tertiary/aromatic N) is 1. The predicted molar refractivity (Wildman–Crippen MR) is 83.7 cm³/mol. The van der Waals surface area contributed by atoms with Crippen molar-refractivity contribution in [1.29, 1.82) is 0 Å². The molecule has 0 radical (unpaired) electrons. The van der Waals surface area contributed by atoms with Gasteiger partial charge in [0.05, 0.1) is 10.0 Å². The summed E-state index contributed by atoms with van der Waals surface area (Å²) in [6.07, 6.45) is 0.936. The molecular formula is C16H15Cl2NO. The van der Waals surface area contributed by atoms with Gasteiger partial charge in [-0.15, -0.1) is 0 Å². The van der Waals surface area contributed by atoms with E-state index in [2.05, 4.69) is 11.0 Å². The molecule has 0 aliphatic carbocycles. The lowest BCUT2D eigenvalue weighted by Gasteiger charge is -2.19. The summed E-state index contributed by atoms with van der Waals surface area (Å²) in [6, 6.07) is 11.7. The predicted octanol–water partition coefficient (Wildman–Crippen LogP) is 4.48. The van der Waals surface area contributed by atoms with Gasteiger partial charge in [0, 0.05) is 17.5 Å². The Balaban J connectivity index is 2.13. The Labute approximate surface area is 128 Å². The number of likely N-dealkylation sites (N-methyl/N-ethyl adjacent to an activating group) is 1. The largest absolute Gasteiger partial charge is 0.474 e. The fraction of sp³-hybridized carbons (Fsp3) is 0.250. The van der Waals surface area contributed by atoms with Crippen molar-refractivity contribution in [3.8, 4) is 16.9 Å². The van der Waals surface area contributed by atoms with Gasteiger partial charge in [-0.25, -0.2) is 0 Å². The average Bonchev–Trinajstić information content (AvgIpc) is 2.83. The number of halogens is 2. The number of rotatable bonds is 2. The highest BCUT2D eigenvalue weighted by Gasteiger charge is 2.28. The van der Waals surface area contributed by atoms with Crippen molar-refractivity contribution in [2.24, 2.45) is 0 Å². The summed E-state index contributed by atoms with van der Waals surface area (Å²) >= 11 is 12.6. The van der Waals surface area contributed by atoms with Crippen LogP contribution in [-0.2, 0) is 6.42 Å². The Bertz CT molecular complexity index is 635. The van der Waals surface area contributed by atoms with E-state index in [1.165, 1.54) is 5.56 Å². The monoisotopic (exact) mass is 307 g/mol. The van der Waals surface area contributed by atoms with Crippen molar-refractivity contribution in [3.63, 3.8) is 0 Å². The maximum Gasteiger partial charge on any atom is 0.156 e. The van der Waals surface area contributed by atoms with Crippen LogP contribution in [0.15, 0.2) is 36.4 Å². The number of hydrogen-bond donors (Lipinski definition) is 0. The van der Waals surface area contributed by atoms with Crippen LogP contribution in [0.25, 0.3) is 11.1 Å². The highest BCUT2D eigenvalue weighted by molar-refractivity contribution is 6.39. The van der Waals surface area contributed by atoms with E-state index < -0.39 is 0 Å². The zero-order valence-corrected chi connectivity index (χ0v) is 12.9. The molecule has 0 N–H and O–H groups in total. The molecule has 1 atom stereocenters. The van der Waals surface area contributed by atoms with Crippen LogP contribution in [0.4, 0.5) is 0 Å². The van der Waals surface area contributed by atoms with Crippen LogP contribution >= 0.6 is 23.2 Å². The molecule has 0 amide bonds. The van der Waals surface area contributed by atoms with Crippen molar-refractivity contribution >= 4 is 23.2 Å². The first-order chi connectivity index (χ1) is 9.58. The van der Waals surface area contributed by atoms with E-state index in [1.54, 1.807) is 0 Å². The first-order valence-electron chi connectivity index (χ1n) is 6.47. The molecule has 2 aromatic rings. The third-order valence-electron chi connectivity index (χ3n) is 3.55. The number of ether oxygens (including phenoxy) is 1. The number of benzene rings is 2. The highest BCUT2D eigenvalue weighted by atomic mass is 35.5. The smallest absolute Gasteiger partial charge is 0.156 e. The van der Waals surface area contributed by atoms with Crippen LogP contribution in [-0.4, -0.2) is 25.2 Å².